The van der Waals surface area contributed by atoms with E-state index in [2.05, 4.69) is 10.1 Å². The van der Waals surface area contributed by atoms with Crippen LogP contribution in [0.5, 0.6) is 0 Å². The van der Waals surface area contributed by atoms with E-state index in [0.717, 1.165) is 24.3 Å². The van der Waals surface area contributed by atoms with Gasteiger partial charge in [0.2, 0.25) is 5.91 Å². The highest BCUT2D eigenvalue weighted by Crippen LogP contribution is 2.15. The Morgan fingerprint density at radius 2 is 2.09 bits per heavy atom. The Hall–Kier alpha value is -2.08. The van der Waals surface area contributed by atoms with Gasteiger partial charge < -0.3 is 20.7 Å². The van der Waals surface area contributed by atoms with Crippen LogP contribution in [-0.2, 0) is 20.9 Å². The van der Waals surface area contributed by atoms with Gasteiger partial charge in [-0.2, -0.15) is 0 Å². The molecule has 1 amide bonds. The van der Waals surface area contributed by atoms with Crippen LogP contribution in [0, 0.1) is 6.92 Å². The minimum atomic E-state index is -0.318. The Kier molecular flexibility index (Phi) is 7.03. The van der Waals surface area contributed by atoms with Crippen LogP contribution in [0.15, 0.2) is 18.2 Å². The molecule has 1 heterocycles. The smallest absolute Gasteiger partial charge is 0.293 e. The van der Waals surface area contributed by atoms with Crippen molar-refractivity contribution >= 4 is 18.1 Å². The first-order chi connectivity index (χ1) is 10.7. The van der Waals surface area contributed by atoms with Gasteiger partial charge in [-0.3, -0.25) is 9.59 Å². The third kappa shape index (κ3) is 7.15. The number of ether oxygens (including phenoxy) is 1. The van der Waals surface area contributed by atoms with Crippen LogP contribution in [0.4, 0.5) is 5.69 Å². The number of hydrogen-bond acceptors (Lipinski definition) is 5. The summed E-state index contributed by atoms with van der Waals surface area (Å²) in [6.45, 7) is 10.7. The molecule has 0 radical (unpaired) electrons. The fraction of sp³-hybridized carbons (Fsp3) is 0.529. The number of aryl methyl sites for hydroxylation is 1. The van der Waals surface area contributed by atoms with Crippen LogP contribution in [0.1, 0.15) is 31.9 Å². The number of nitrogen functional groups attached to an aromatic ring is 1. The van der Waals surface area contributed by atoms with E-state index in [4.69, 9.17) is 5.73 Å². The molecule has 128 valence electrons. The number of nitrogens with one attached hydrogen (secondary N) is 1. The third-order valence-electron chi connectivity index (χ3n) is 3.32. The Bertz CT molecular complexity index is 538. The zero-order valence-electron chi connectivity index (χ0n) is 14.4. The highest BCUT2D eigenvalue weighted by atomic mass is 16.5. The number of nitrogens with two attached hydrogens (primary N) is 1. The van der Waals surface area contributed by atoms with E-state index in [1.807, 2.05) is 50.8 Å². The molecule has 3 N–H and O–H groups in total. The molecule has 0 spiro atoms. The molecule has 1 saturated heterocycles. The maximum Gasteiger partial charge on any atom is 0.293 e. The zero-order chi connectivity index (χ0) is 17.5. The molecule has 23 heavy (non-hydrogen) atoms. The Labute approximate surface area is 138 Å². The largest absolute Gasteiger partial charge is 0.462 e. The molecular formula is C17H27N3O3. The summed E-state index contributed by atoms with van der Waals surface area (Å²) in [5, 5.41) is 3.06. The van der Waals surface area contributed by atoms with Gasteiger partial charge in [-0.25, -0.2) is 0 Å². The fourth-order valence-electron chi connectivity index (χ4n) is 2.02. The molecule has 1 aliphatic heterocycles. The number of nitrogens with zero attached hydrogens (tertiary/aromatic N) is 1. The molecule has 1 aliphatic rings. The number of piperazine rings is 1. The van der Waals surface area contributed by atoms with Crippen molar-refractivity contribution in [2.24, 2.45) is 0 Å². The molecule has 1 aromatic rings. The third-order valence-corrected chi connectivity index (χ3v) is 3.32. The number of amides is 1. The number of carbonyl (C=O) groups is 2. The van der Waals surface area contributed by atoms with Gasteiger partial charge in [-0.05, 0) is 51.0 Å². The summed E-state index contributed by atoms with van der Waals surface area (Å²) in [5.74, 6) is 0.160. The first-order valence-electron chi connectivity index (χ1n) is 7.68. The first kappa shape index (κ1) is 19.0. The molecular weight excluding hydrogens is 294 g/mol. The number of rotatable bonds is 3. The van der Waals surface area contributed by atoms with Gasteiger partial charge in [0.25, 0.3) is 6.47 Å². The number of hydrogen-bond donors (Lipinski definition) is 2. The monoisotopic (exact) mass is 321 g/mol. The molecule has 6 nitrogen and oxygen atoms in total. The fourth-order valence-corrected chi connectivity index (χ4v) is 2.02. The summed E-state index contributed by atoms with van der Waals surface area (Å²) in [5.41, 5.74) is 8.50. The number of benzene rings is 1. The van der Waals surface area contributed by atoms with Crippen LogP contribution in [0.2, 0.25) is 0 Å². The van der Waals surface area contributed by atoms with Crippen molar-refractivity contribution in [3.05, 3.63) is 29.3 Å². The van der Waals surface area contributed by atoms with Crippen LogP contribution >= 0.6 is 0 Å². The Morgan fingerprint density at radius 1 is 1.39 bits per heavy atom. The van der Waals surface area contributed by atoms with Gasteiger partial charge in [0.1, 0.15) is 5.60 Å². The van der Waals surface area contributed by atoms with Crippen LogP contribution < -0.4 is 11.1 Å². The molecule has 1 aromatic carbocycles. The van der Waals surface area contributed by atoms with E-state index in [0.29, 0.717) is 19.6 Å². The first-order valence-corrected chi connectivity index (χ1v) is 7.68. The highest BCUT2D eigenvalue weighted by molar-refractivity contribution is 5.79. The minimum absolute atomic E-state index is 0.160. The van der Waals surface area contributed by atoms with Gasteiger partial charge in [0, 0.05) is 25.3 Å². The molecule has 0 unspecified atom stereocenters. The molecule has 0 bridgehead atoms. The van der Waals surface area contributed by atoms with Crippen molar-refractivity contribution in [1.29, 1.82) is 0 Å². The molecule has 0 aliphatic carbocycles. The van der Waals surface area contributed by atoms with Gasteiger partial charge in [-0.1, -0.05) is 6.07 Å². The SMILES string of the molecule is CC(C)(C)OC=O.Cc1ccc(N)cc1CN1CCNCC1=O. The number of anilines is 1. The predicted molar refractivity (Wildman–Crippen MR) is 90.8 cm³/mol. The summed E-state index contributed by atoms with van der Waals surface area (Å²) < 4.78 is 4.55. The van der Waals surface area contributed by atoms with E-state index >= 15 is 0 Å². The molecule has 0 saturated carbocycles. The van der Waals surface area contributed by atoms with Crippen LogP contribution in [-0.4, -0.2) is 42.5 Å². The Balaban J connectivity index is 0.000000322. The maximum absolute atomic E-state index is 11.6. The van der Waals surface area contributed by atoms with Gasteiger partial charge in [0.05, 0.1) is 6.54 Å². The van der Waals surface area contributed by atoms with Gasteiger partial charge in [0.15, 0.2) is 0 Å². The lowest BCUT2D eigenvalue weighted by Crippen LogP contribution is -2.47. The van der Waals surface area contributed by atoms with Crippen molar-refractivity contribution in [3.8, 4) is 0 Å². The second-order valence-electron chi connectivity index (χ2n) is 6.50. The van der Waals surface area contributed by atoms with E-state index in [1.165, 1.54) is 5.56 Å². The van der Waals surface area contributed by atoms with Crippen molar-refractivity contribution < 1.29 is 14.3 Å². The van der Waals surface area contributed by atoms with Crippen molar-refractivity contribution in [2.75, 3.05) is 25.4 Å². The average Bonchev–Trinajstić information content (AvgIpc) is 2.45. The van der Waals surface area contributed by atoms with Crippen molar-refractivity contribution in [3.63, 3.8) is 0 Å². The summed E-state index contributed by atoms with van der Waals surface area (Å²) >= 11 is 0. The van der Waals surface area contributed by atoms with Crippen LogP contribution in [0.25, 0.3) is 0 Å². The zero-order valence-corrected chi connectivity index (χ0v) is 14.4. The normalized spacial score (nSPS) is 14.8. The van der Waals surface area contributed by atoms with Crippen LogP contribution in [0.3, 0.4) is 0 Å². The standard InChI is InChI=1S/C12H17N3O.C5H10O2/c1-9-2-3-11(13)6-10(9)8-15-5-4-14-7-12(15)16;1-5(2,3)7-4-6/h2-3,6,14H,4-5,7-8,13H2,1H3;4H,1-3H3. The summed E-state index contributed by atoms with van der Waals surface area (Å²) in [4.78, 5) is 23.1. The molecule has 6 heteroatoms. The summed E-state index contributed by atoms with van der Waals surface area (Å²) in [6, 6.07) is 5.83. The average molecular weight is 321 g/mol. The molecule has 0 aromatic heterocycles. The maximum atomic E-state index is 11.6. The van der Waals surface area contributed by atoms with Crippen molar-refractivity contribution in [2.45, 2.75) is 39.8 Å². The molecule has 2 rings (SSSR count). The molecule has 0 atom stereocenters. The Morgan fingerprint density at radius 3 is 2.61 bits per heavy atom. The summed E-state index contributed by atoms with van der Waals surface area (Å²) in [6.07, 6.45) is 0. The summed E-state index contributed by atoms with van der Waals surface area (Å²) in [7, 11) is 0. The van der Waals surface area contributed by atoms with E-state index in [9.17, 15) is 9.59 Å². The van der Waals surface area contributed by atoms with E-state index < -0.39 is 0 Å². The van der Waals surface area contributed by atoms with E-state index in [-0.39, 0.29) is 11.5 Å². The highest BCUT2D eigenvalue weighted by Gasteiger charge is 2.18. The number of carbonyl (C=O) groups excluding carboxylic acids is 2. The molecule has 1 fully saturated rings. The van der Waals surface area contributed by atoms with E-state index in [1.54, 1.807) is 0 Å². The topological polar surface area (TPSA) is 84.7 Å². The van der Waals surface area contributed by atoms with Gasteiger partial charge >= 0.3 is 0 Å². The second kappa shape index (κ2) is 8.53. The predicted octanol–water partition coefficient (Wildman–Crippen LogP) is 1.47. The lowest BCUT2D eigenvalue weighted by molar-refractivity contribution is -0.138. The lowest BCUT2D eigenvalue weighted by atomic mass is 10.1. The van der Waals surface area contributed by atoms with Gasteiger partial charge in [-0.15, -0.1) is 0 Å². The minimum Gasteiger partial charge on any atom is -0.462 e. The quantitative estimate of drug-likeness (QED) is 0.650. The lowest BCUT2D eigenvalue weighted by Gasteiger charge is -2.28. The second-order valence-corrected chi connectivity index (χ2v) is 6.50. The van der Waals surface area contributed by atoms with Crippen molar-refractivity contribution in [1.82, 2.24) is 10.2 Å².